The first-order chi connectivity index (χ1) is 11.5. The van der Waals surface area contributed by atoms with Crippen LogP contribution in [0.2, 0.25) is 0 Å². The fraction of sp³-hybridized carbons (Fsp3) is 0.421. The quantitative estimate of drug-likeness (QED) is 0.683. The van der Waals surface area contributed by atoms with Gasteiger partial charge in [-0.05, 0) is 37.0 Å². The summed E-state index contributed by atoms with van der Waals surface area (Å²) in [6, 6.07) is 4.89. The van der Waals surface area contributed by atoms with Crippen molar-refractivity contribution in [2.24, 2.45) is 5.92 Å². The van der Waals surface area contributed by atoms with Crippen molar-refractivity contribution < 1.29 is 14.4 Å². The highest BCUT2D eigenvalue weighted by atomic mass is 16.2. The van der Waals surface area contributed by atoms with Gasteiger partial charge in [0.15, 0.2) is 0 Å². The number of carbonyl (C=O) groups excluding carboxylic acids is 3. The van der Waals surface area contributed by atoms with Gasteiger partial charge in [-0.3, -0.25) is 19.3 Å². The minimum absolute atomic E-state index is 0.174. The number of rotatable bonds is 4. The maximum absolute atomic E-state index is 12.5. The molecular formula is C19H22N2O3. The van der Waals surface area contributed by atoms with Crippen LogP contribution in [0, 0.1) is 5.92 Å². The standard InChI is InChI=1S/C19H22N2O3/c1-3-10-21-18(23)14-9-8-13(11-15(14)19(21)24)17(22)20-16-7-5-4-6-12(16)2/h3,8-9,11-12,16H,1,4-7,10H2,2H3,(H,20,22)/t12-,16+/m1/s1. The first kappa shape index (κ1) is 16.4. The Morgan fingerprint density at radius 2 is 1.96 bits per heavy atom. The highest BCUT2D eigenvalue weighted by molar-refractivity contribution is 6.22. The second-order valence-corrected chi connectivity index (χ2v) is 6.61. The van der Waals surface area contributed by atoms with E-state index in [1.807, 2.05) is 0 Å². The largest absolute Gasteiger partial charge is 0.349 e. The highest BCUT2D eigenvalue weighted by Crippen LogP contribution is 2.26. The van der Waals surface area contributed by atoms with Crippen molar-refractivity contribution in [2.45, 2.75) is 38.6 Å². The number of benzene rings is 1. The Labute approximate surface area is 141 Å². The van der Waals surface area contributed by atoms with Gasteiger partial charge in [-0.15, -0.1) is 6.58 Å². The van der Waals surface area contributed by atoms with E-state index in [-0.39, 0.29) is 30.3 Å². The fourth-order valence-electron chi connectivity index (χ4n) is 3.51. The first-order valence-corrected chi connectivity index (χ1v) is 8.45. The van der Waals surface area contributed by atoms with E-state index in [0.717, 1.165) is 24.2 Å². The molecule has 3 amide bonds. The van der Waals surface area contributed by atoms with Crippen LogP contribution in [0.15, 0.2) is 30.9 Å². The molecule has 1 heterocycles. The molecule has 2 aliphatic rings. The lowest BCUT2D eigenvalue weighted by Crippen LogP contribution is -2.41. The van der Waals surface area contributed by atoms with Gasteiger partial charge in [-0.2, -0.15) is 0 Å². The van der Waals surface area contributed by atoms with Crippen molar-refractivity contribution >= 4 is 17.7 Å². The van der Waals surface area contributed by atoms with Gasteiger partial charge >= 0.3 is 0 Å². The average Bonchev–Trinajstić information content (AvgIpc) is 2.82. The molecule has 2 atom stereocenters. The summed E-state index contributed by atoms with van der Waals surface area (Å²) >= 11 is 0. The molecule has 0 spiro atoms. The Kier molecular flexibility index (Phi) is 4.51. The molecule has 5 heteroatoms. The molecule has 5 nitrogen and oxygen atoms in total. The average molecular weight is 326 g/mol. The number of imide groups is 1. The second kappa shape index (κ2) is 6.59. The number of fused-ring (bicyclic) bond motifs is 1. The van der Waals surface area contributed by atoms with Crippen LogP contribution in [0.25, 0.3) is 0 Å². The van der Waals surface area contributed by atoms with E-state index in [9.17, 15) is 14.4 Å². The molecule has 126 valence electrons. The smallest absolute Gasteiger partial charge is 0.261 e. The summed E-state index contributed by atoms with van der Waals surface area (Å²) in [6.45, 7) is 5.89. The summed E-state index contributed by atoms with van der Waals surface area (Å²) in [5.41, 5.74) is 1.07. The van der Waals surface area contributed by atoms with Crippen molar-refractivity contribution in [3.63, 3.8) is 0 Å². The zero-order valence-electron chi connectivity index (χ0n) is 13.9. The summed E-state index contributed by atoms with van der Waals surface area (Å²) < 4.78 is 0. The van der Waals surface area contributed by atoms with Gasteiger partial charge in [0.25, 0.3) is 17.7 Å². The zero-order chi connectivity index (χ0) is 17.3. The second-order valence-electron chi connectivity index (χ2n) is 6.61. The Morgan fingerprint density at radius 1 is 1.25 bits per heavy atom. The molecule has 24 heavy (non-hydrogen) atoms. The van der Waals surface area contributed by atoms with Crippen molar-refractivity contribution in [1.82, 2.24) is 10.2 Å². The molecule has 1 saturated carbocycles. The van der Waals surface area contributed by atoms with E-state index in [2.05, 4.69) is 18.8 Å². The third-order valence-electron chi connectivity index (χ3n) is 4.97. The Morgan fingerprint density at radius 3 is 2.67 bits per heavy atom. The fourth-order valence-corrected chi connectivity index (χ4v) is 3.51. The van der Waals surface area contributed by atoms with Crippen molar-refractivity contribution in [3.8, 4) is 0 Å². The van der Waals surface area contributed by atoms with Crippen LogP contribution in [0.1, 0.15) is 63.7 Å². The van der Waals surface area contributed by atoms with Crippen LogP contribution in [0.3, 0.4) is 0 Å². The van der Waals surface area contributed by atoms with Crippen LogP contribution in [-0.4, -0.2) is 35.2 Å². The number of hydrogen-bond acceptors (Lipinski definition) is 3. The molecule has 0 saturated heterocycles. The molecule has 1 aromatic rings. The first-order valence-electron chi connectivity index (χ1n) is 8.45. The highest BCUT2D eigenvalue weighted by Gasteiger charge is 2.35. The van der Waals surface area contributed by atoms with Crippen molar-refractivity contribution in [1.29, 1.82) is 0 Å². The summed E-state index contributed by atoms with van der Waals surface area (Å²) in [4.78, 5) is 38.2. The molecule has 0 unspecified atom stereocenters. The van der Waals surface area contributed by atoms with Crippen molar-refractivity contribution in [3.05, 3.63) is 47.5 Å². The van der Waals surface area contributed by atoms with Gasteiger partial charge in [0, 0.05) is 18.2 Å². The maximum Gasteiger partial charge on any atom is 0.261 e. The van der Waals surface area contributed by atoms with Crippen LogP contribution in [-0.2, 0) is 0 Å². The summed E-state index contributed by atoms with van der Waals surface area (Å²) in [5.74, 6) is -0.416. The number of nitrogens with zero attached hydrogens (tertiary/aromatic N) is 1. The summed E-state index contributed by atoms with van der Waals surface area (Å²) in [5, 5.41) is 3.07. The lowest BCUT2D eigenvalue weighted by atomic mass is 9.86. The molecule has 1 N–H and O–H groups in total. The van der Waals surface area contributed by atoms with Gasteiger partial charge in [0.05, 0.1) is 11.1 Å². The van der Waals surface area contributed by atoms with Gasteiger partial charge < -0.3 is 5.32 Å². The molecule has 0 radical (unpaired) electrons. The lowest BCUT2D eigenvalue weighted by Gasteiger charge is -2.29. The van der Waals surface area contributed by atoms with Gasteiger partial charge in [-0.1, -0.05) is 25.8 Å². The van der Waals surface area contributed by atoms with Gasteiger partial charge in [0.2, 0.25) is 0 Å². The van der Waals surface area contributed by atoms with E-state index in [1.54, 1.807) is 12.1 Å². The monoisotopic (exact) mass is 326 g/mol. The third kappa shape index (κ3) is 2.86. The van der Waals surface area contributed by atoms with Crippen molar-refractivity contribution in [2.75, 3.05) is 6.54 Å². The molecule has 3 rings (SSSR count). The van der Waals surface area contributed by atoms with Gasteiger partial charge in [0.1, 0.15) is 0 Å². The van der Waals surface area contributed by atoms with E-state index < -0.39 is 0 Å². The van der Waals surface area contributed by atoms with E-state index in [1.165, 1.54) is 18.6 Å². The minimum Gasteiger partial charge on any atom is -0.349 e. The molecule has 1 fully saturated rings. The lowest BCUT2D eigenvalue weighted by molar-refractivity contribution is 0.0672. The summed E-state index contributed by atoms with van der Waals surface area (Å²) in [7, 11) is 0. The normalized spacial score (nSPS) is 23.1. The maximum atomic E-state index is 12.5. The topological polar surface area (TPSA) is 66.5 Å². The number of amides is 3. The summed E-state index contributed by atoms with van der Waals surface area (Å²) in [6.07, 6.45) is 5.96. The van der Waals surface area contributed by atoms with Crippen LogP contribution >= 0.6 is 0 Å². The SMILES string of the molecule is C=CCN1C(=O)c2ccc(C(=O)N[C@H]3CCCC[C@H]3C)cc2C1=O. The van der Waals surface area contributed by atoms with Gasteiger partial charge in [-0.25, -0.2) is 0 Å². The molecule has 0 bridgehead atoms. The Balaban J connectivity index is 1.80. The third-order valence-corrected chi connectivity index (χ3v) is 4.97. The molecule has 1 aliphatic heterocycles. The molecule has 1 aliphatic carbocycles. The number of carbonyl (C=O) groups is 3. The van der Waals surface area contributed by atoms with E-state index in [0.29, 0.717) is 22.6 Å². The molecule has 0 aromatic heterocycles. The van der Waals surface area contributed by atoms with Crippen LogP contribution in [0.4, 0.5) is 0 Å². The molecule has 1 aromatic carbocycles. The van der Waals surface area contributed by atoms with Crippen LogP contribution < -0.4 is 5.32 Å². The number of nitrogens with one attached hydrogen (secondary N) is 1. The van der Waals surface area contributed by atoms with E-state index >= 15 is 0 Å². The Bertz CT molecular complexity index is 711. The predicted octanol–water partition coefficient (Wildman–Crippen LogP) is 2.78. The predicted molar refractivity (Wildman–Crippen MR) is 90.9 cm³/mol. The number of hydrogen-bond donors (Lipinski definition) is 1. The Hall–Kier alpha value is -2.43. The zero-order valence-corrected chi connectivity index (χ0v) is 13.9. The minimum atomic E-state index is -0.365. The van der Waals surface area contributed by atoms with Crippen LogP contribution in [0.5, 0.6) is 0 Å². The molecular weight excluding hydrogens is 304 g/mol. The van der Waals surface area contributed by atoms with E-state index in [4.69, 9.17) is 0 Å².